The molecule has 31 heavy (non-hydrogen) atoms. The highest BCUT2D eigenvalue weighted by molar-refractivity contribution is 9.10. The summed E-state index contributed by atoms with van der Waals surface area (Å²) in [7, 11) is 1.51. The van der Waals surface area contributed by atoms with Gasteiger partial charge in [-0.2, -0.15) is 5.10 Å². The summed E-state index contributed by atoms with van der Waals surface area (Å²) in [4.78, 5) is 29.4. The number of aromatic nitrogens is 3. The van der Waals surface area contributed by atoms with Crippen molar-refractivity contribution in [2.45, 2.75) is 13.8 Å². The van der Waals surface area contributed by atoms with Crippen molar-refractivity contribution in [3.8, 4) is 5.82 Å². The minimum Gasteiger partial charge on any atom is -0.355 e. The van der Waals surface area contributed by atoms with Crippen LogP contribution in [0.1, 0.15) is 28.5 Å². The average Bonchev–Trinajstić information content (AvgIpc) is 3.09. The second kappa shape index (κ2) is 9.64. The van der Waals surface area contributed by atoms with E-state index >= 15 is 0 Å². The number of rotatable bonds is 5. The molecule has 10 heteroatoms. The van der Waals surface area contributed by atoms with Crippen molar-refractivity contribution < 1.29 is 9.59 Å². The molecule has 7 nitrogen and oxygen atoms in total. The zero-order valence-corrected chi connectivity index (χ0v) is 19.9. The highest BCUT2D eigenvalue weighted by Crippen LogP contribution is 2.27. The molecule has 0 aliphatic carbocycles. The van der Waals surface area contributed by atoms with Crippen LogP contribution in [0.4, 0.5) is 5.69 Å². The van der Waals surface area contributed by atoms with Gasteiger partial charge >= 0.3 is 0 Å². The normalized spacial score (nSPS) is 11.4. The van der Waals surface area contributed by atoms with Gasteiger partial charge in [0.1, 0.15) is 4.60 Å². The SMILES string of the molecule is CNC(=O)c1cc(Cl)cc(C)c1NC(=O)C(C)=Cc1cc(Br)nn1-c1ncccc1Cl. The summed E-state index contributed by atoms with van der Waals surface area (Å²) >= 11 is 15.7. The number of hydrogen-bond donors (Lipinski definition) is 2. The molecular formula is C21H18BrCl2N5O2. The zero-order valence-electron chi connectivity index (χ0n) is 16.8. The van der Waals surface area contributed by atoms with Gasteiger partial charge in [-0.3, -0.25) is 9.59 Å². The minimum absolute atomic E-state index is 0.279. The van der Waals surface area contributed by atoms with Crippen molar-refractivity contribution in [2.24, 2.45) is 0 Å². The Kier molecular flexibility index (Phi) is 7.15. The summed E-state index contributed by atoms with van der Waals surface area (Å²) < 4.78 is 2.09. The third kappa shape index (κ3) is 5.15. The number of nitrogens with zero attached hydrogens (tertiary/aromatic N) is 3. The van der Waals surface area contributed by atoms with E-state index in [-0.39, 0.29) is 17.4 Å². The number of benzene rings is 1. The van der Waals surface area contributed by atoms with E-state index in [9.17, 15) is 9.59 Å². The Hall–Kier alpha value is -2.68. The lowest BCUT2D eigenvalue weighted by molar-refractivity contribution is -0.112. The molecule has 160 valence electrons. The monoisotopic (exact) mass is 521 g/mol. The van der Waals surface area contributed by atoms with Gasteiger partial charge in [0.25, 0.3) is 11.8 Å². The van der Waals surface area contributed by atoms with Gasteiger partial charge in [-0.25, -0.2) is 9.67 Å². The summed E-state index contributed by atoms with van der Waals surface area (Å²) in [5.74, 6) is -0.300. The second-order valence-corrected chi connectivity index (χ2v) is 8.27. The molecule has 2 N–H and O–H groups in total. The van der Waals surface area contributed by atoms with Crippen LogP contribution >= 0.6 is 39.1 Å². The average molecular weight is 523 g/mol. The Morgan fingerprint density at radius 2 is 1.97 bits per heavy atom. The van der Waals surface area contributed by atoms with E-state index in [2.05, 4.69) is 36.6 Å². The van der Waals surface area contributed by atoms with E-state index in [1.807, 2.05) is 0 Å². The van der Waals surface area contributed by atoms with Gasteiger partial charge < -0.3 is 10.6 Å². The smallest absolute Gasteiger partial charge is 0.253 e. The maximum absolute atomic E-state index is 12.9. The van der Waals surface area contributed by atoms with E-state index in [1.165, 1.54) is 17.8 Å². The number of aryl methyl sites for hydroxylation is 1. The Morgan fingerprint density at radius 3 is 2.65 bits per heavy atom. The van der Waals surface area contributed by atoms with Crippen molar-refractivity contribution in [1.82, 2.24) is 20.1 Å². The zero-order chi connectivity index (χ0) is 22.7. The van der Waals surface area contributed by atoms with Crippen LogP contribution in [0.2, 0.25) is 10.0 Å². The van der Waals surface area contributed by atoms with Crippen molar-refractivity contribution in [2.75, 3.05) is 12.4 Å². The van der Waals surface area contributed by atoms with Crippen LogP contribution in [-0.4, -0.2) is 33.6 Å². The minimum atomic E-state index is -0.383. The Balaban J connectivity index is 1.96. The third-order valence-electron chi connectivity index (χ3n) is 4.38. The van der Waals surface area contributed by atoms with E-state index in [1.54, 1.807) is 50.4 Å². The van der Waals surface area contributed by atoms with E-state index in [4.69, 9.17) is 23.2 Å². The first-order chi connectivity index (χ1) is 14.7. The van der Waals surface area contributed by atoms with Crippen LogP contribution in [0, 0.1) is 6.92 Å². The molecule has 0 radical (unpaired) electrons. The van der Waals surface area contributed by atoms with Gasteiger partial charge in [0.2, 0.25) is 0 Å². The van der Waals surface area contributed by atoms with Gasteiger partial charge in [0, 0.05) is 23.8 Å². The molecule has 0 saturated heterocycles. The number of carbonyl (C=O) groups is 2. The molecule has 0 bridgehead atoms. The summed E-state index contributed by atoms with van der Waals surface area (Å²) in [6.45, 7) is 3.42. The highest BCUT2D eigenvalue weighted by Gasteiger charge is 2.18. The Morgan fingerprint density at radius 1 is 1.23 bits per heavy atom. The fourth-order valence-electron chi connectivity index (χ4n) is 2.89. The first kappa shape index (κ1) is 23.0. The van der Waals surface area contributed by atoms with Crippen molar-refractivity contribution in [1.29, 1.82) is 0 Å². The van der Waals surface area contributed by atoms with E-state index in [0.717, 1.165) is 0 Å². The van der Waals surface area contributed by atoms with Crippen LogP contribution in [0.5, 0.6) is 0 Å². The van der Waals surface area contributed by atoms with Gasteiger partial charge in [0.15, 0.2) is 5.82 Å². The number of hydrogen-bond acceptors (Lipinski definition) is 4. The summed E-state index contributed by atoms with van der Waals surface area (Å²) in [5, 5.41) is 10.5. The predicted molar refractivity (Wildman–Crippen MR) is 126 cm³/mol. The first-order valence-corrected chi connectivity index (χ1v) is 10.6. The topological polar surface area (TPSA) is 88.9 Å². The molecule has 2 heterocycles. The van der Waals surface area contributed by atoms with Crippen LogP contribution in [0.15, 0.2) is 46.7 Å². The fraction of sp³-hybridized carbons (Fsp3) is 0.143. The number of carbonyl (C=O) groups excluding carboxylic acids is 2. The molecule has 3 aromatic rings. The molecule has 2 aromatic heterocycles. The molecule has 0 aliphatic rings. The summed E-state index contributed by atoms with van der Waals surface area (Å²) in [6.07, 6.45) is 3.26. The molecule has 3 rings (SSSR count). The fourth-order valence-corrected chi connectivity index (χ4v) is 3.76. The number of halogens is 3. The quantitative estimate of drug-likeness (QED) is 0.459. The molecule has 0 fully saturated rings. The number of pyridine rings is 1. The maximum atomic E-state index is 12.9. The molecule has 0 atom stereocenters. The lowest BCUT2D eigenvalue weighted by atomic mass is 10.1. The Bertz CT molecular complexity index is 1210. The highest BCUT2D eigenvalue weighted by atomic mass is 79.9. The van der Waals surface area contributed by atoms with Crippen LogP contribution < -0.4 is 10.6 Å². The number of amides is 2. The lowest BCUT2D eigenvalue weighted by Gasteiger charge is -2.14. The van der Waals surface area contributed by atoms with Gasteiger partial charge in [-0.15, -0.1) is 0 Å². The molecule has 1 aromatic carbocycles. The van der Waals surface area contributed by atoms with E-state index < -0.39 is 0 Å². The van der Waals surface area contributed by atoms with Crippen molar-refractivity contribution in [3.63, 3.8) is 0 Å². The van der Waals surface area contributed by atoms with Crippen LogP contribution in [-0.2, 0) is 4.79 Å². The van der Waals surface area contributed by atoms with Gasteiger partial charge in [-0.1, -0.05) is 23.2 Å². The second-order valence-electron chi connectivity index (χ2n) is 6.62. The van der Waals surface area contributed by atoms with E-state index in [0.29, 0.717) is 43.0 Å². The molecule has 2 amide bonds. The number of anilines is 1. The summed E-state index contributed by atoms with van der Waals surface area (Å²) in [5.41, 5.74) is 2.32. The molecule has 0 saturated carbocycles. The van der Waals surface area contributed by atoms with Crippen LogP contribution in [0.3, 0.4) is 0 Å². The first-order valence-electron chi connectivity index (χ1n) is 9.09. The van der Waals surface area contributed by atoms with Crippen molar-refractivity contribution >= 4 is 62.7 Å². The molecule has 0 spiro atoms. The summed E-state index contributed by atoms with van der Waals surface area (Å²) in [6, 6.07) is 8.35. The van der Waals surface area contributed by atoms with Crippen LogP contribution in [0.25, 0.3) is 11.9 Å². The molecule has 0 aliphatic heterocycles. The standard InChI is InChI=1S/C21H18BrCl2N5O2/c1-11-7-13(23)9-15(21(31)25-3)18(11)27-20(30)12(2)8-14-10-17(22)28-29(14)19-16(24)5-4-6-26-19/h4-10H,1-3H3,(H,25,31)(H,27,30). The lowest BCUT2D eigenvalue weighted by Crippen LogP contribution is -2.22. The van der Waals surface area contributed by atoms with Gasteiger partial charge in [-0.05, 0) is 71.7 Å². The van der Waals surface area contributed by atoms with Gasteiger partial charge in [0.05, 0.1) is 22.0 Å². The maximum Gasteiger partial charge on any atom is 0.253 e. The molecule has 0 unspecified atom stereocenters. The third-order valence-corrected chi connectivity index (χ3v) is 5.28. The molecular weight excluding hydrogens is 505 g/mol. The predicted octanol–water partition coefficient (Wildman–Crippen LogP) is 5.05. The largest absolute Gasteiger partial charge is 0.355 e. The Labute approximate surface area is 197 Å². The number of nitrogens with one attached hydrogen (secondary N) is 2. The van der Waals surface area contributed by atoms with Crippen molar-refractivity contribution in [3.05, 3.63) is 73.6 Å².